The van der Waals surface area contributed by atoms with Gasteiger partial charge in [-0.05, 0) is 32.1 Å². The van der Waals surface area contributed by atoms with Crippen molar-refractivity contribution in [1.29, 1.82) is 0 Å². The molecule has 0 bridgehead atoms. The second kappa shape index (κ2) is 5.55. The smallest absolute Gasteiger partial charge is 0.242 e. The first-order chi connectivity index (χ1) is 10.8. The molecule has 7 heteroatoms. The molecule has 1 saturated heterocycles. The number of hydrogen-bond acceptors (Lipinski definition) is 5. The number of nitrogens with one attached hydrogen (secondary N) is 1. The average molecular weight is 300 g/mol. The first-order valence-corrected chi connectivity index (χ1v) is 8.02. The minimum absolute atomic E-state index is 0.00522. The number of amides is 1. The highest BCUT2D eigenvalue weighted by atomic mass is 16.2. The molecule has 0 atom stereocenters. The Balaban J connectivity index is 1.59. The second-order valence-electron chi connectivity index (χ2n) is 6.13. The van der Waals surface area contributed by atoms with E-state index in [9.17, 15) is 4.79 Å². The van der Waals surface area contributed by atoms with E-state index >= 15 is 0 Å². The molecule has 0 aromatic carbocycles. The third kappa shape index (κ3) is 2.63. The molecule has 4 rings (SSSR count). The Hall–Kier alpha value is -2.18. The Labute approximate surface area is 128 Å². The van der Waals surface area contributed by atoms with Gasteiger partial charge < -0.3 is 10.2 Å². The summed E-state index contributed by atoms with van der Waals surface area (Å²) in [5, 5.41) is 8.26. The van der Waals surface area contributed by atoms with Crippen LogP contribution in [0.5, 0.6) is 0 Å². The fourth-order valence-corrected chi connectivity index (χ4v) is 2.99. The number of carbonyl (C=O) groups excluding carboxylic acids is 1. The molecule has 2 aromatic rings. The molecule has 7 nitrogen and oxygen atoms in total. The summed E-state index contributed by atoms with van der Waals surface area (Å²) in [7, 11) is 0. The molecule has 1 saturated carbocycles. The minimum Gasteiger partial charge on any atom is -0.356 e. The van der Waals surface area contributed by atoms with Crippen molar-refractivity contribution in [2.45, 2.75) is 44.7 Å². The molecule has 22 heavy (non-hydrogen) atoms. The summed E-state index contributed by atoms with van der Waals surface area (Å²) in [6.07, 6.45) is 9.21. The lowest BCUT2D eigenvalue weighted by molar-refractivity contribution is -0.121. The molecule has 2 aromatic heterocycles. The minimum atomic E-state index is 0.00522. The second-order valence-corrected chi connectivity index (χ2v) is 6.13. The largest absolute Gasteiger partial charge is 0.356 e. The maximum Gasteiger partial charge on any atom is 0.242 e. The first-order valence-electron chi connectivity index (χ1n) is 8.02. The van der Waals surface area contributed by atoms with Gasteiger partial charge in [-0.2, -0.15) is 5.10 Å². The fourth-order valence-electron chi connectivity index (χ4n) is 2.99. The number of hydrogen-bond donors (Lipinski definition) is 1. The zero-order valence-electron chi connectivity index (χ0n) is 12.5. The highest BCUT2D eigenvalue weighted by Gasteiger charge is 2.24. The molecule has 0 spiro atoms. The molecule has 0 unspecified atom stereocenters. The van der Waals surface area contributed by atoms with E-state index in [1.54, 1.807) is 17.2 Å². The molecular weight excluding hydrogens is 280 g/mol. The third-order valence-electron chi connectivity index (χ3n) is 4.30. The molecule has 0 radical (unpaired) electrons. The van der Waals surface area contributed by atoms with Gasteiger partial charge in [-0.3, -0.25) is 4.79 Å². The van der Waals surface area contributed by atoms with Gasteiger partial charge in [-0.25, -0.2) is 14.6 Å². The van der Waals surface area contributed by atoms with Crippen molar-refractivity contribution in [3.05, 3.63) is 12.5 Å². The van der Waals surface area contributed by atoms with Gasteiger partial charge in [0.25, 0.3) is 0 Å². The molecule has 1 amide bonds. The summed E-state index contributed by atoms with van der Waals surface area (Å²) < 4.78 is 1.67. The lowest BCUT2D eigenvalue weighted by Gasteiger charge is -2.27. The van der Waals surface area contributed by atoms with Crippen LogP contribution in [0.4, 0.5) is 5.82 Å². The van der Waals surface area contributed by atoms with Crippen molar-refractivity contribution in [3.8, 4) is 0 Å². The van der Waals surface area contributed by atoms with Crippen LogP contribution in [0.2, 0.25) is 0 Å². The Morgan fingerprint density at radius 2 is 2.05 bits per heavy atom. The number of rotatable bonds is 4. The molecule has 1 N–H and O–H groups in total. The van der Waals surface area contributed by atoms with Crippen LogP contribution in [0.3, 0.4) is 0 Å². The zero-order valence-corrected chi connectivity index (χ0v) is 12.5. The molecule has 2 aliphatic rings. The lowest BCUT2D eigenvalue weighted by atomic mass is 10.1. The van der Waals surface area contributed by atoms with E-state index in [-0.39, 0.29) is 12.5 Å². The van der Waals surface area contributed by atoms with Gasteiger partial charge in [-0.1, -0.05) is 0 Å². The van der Waals surface area contributed by atoms with Gasteiger partial charge in [0.15, 0.2) is 5.65 Å². The van der Waals surface area contributed by atoms with E-state index < -0.39 is 0 Å². The van der Waals surface area contributed by atoms with Crippen LogP contribution in [0.1, 0.15) is 32.1 Å². The lowest BCUT2D eigenvalue weighted by Crippen LogP contribution is -2.30. The maximum absolute atomic E-state index is 12.0. The fraction of sp³-hybridized carbons (Fsp3) is 0.600. The van der Waals surface area contributed by atoms with Crippen molar-refractivity contribution < 1.29 is 4.79 Å². The number of piperidine rings is 1. The summed E-state index contributed by atoms with van der Waals surface area (Å²) in [4.78, 5) is 23.0. The van der Waals surface area contributed by atoms with Crippen molar-refractivity contribution >= 4 is 22.8 Å². The normalized spacial score (nSPS) is 18.6. The average Bonchev–Trinajstić information content (AvgIpc) is 3.27. The predicted molar refractivity (Wildman–Crippen MR) is 82.6 cm³/mol. The molecule has 1 aliphatic heterocycles. The molecule has 3 heterocycles. The van der Waals surface area contributed by atoms with Gasteiger partial charge in [0.1, 0.15) is 18.7 Å². The zero-order chi connectivity index (χ0) is 14.9. The molecular formula is C15H20N6O. The molecule has 1 aliphatic carbocycles. The van der Waals surface area contributed by atoms with E-state index in [0.717, 1.165) is 42.8 Å². The Morgan fingerprint density at radius 1 is 1.23 bits per heavy atom. The summed E-state index contributed by atoms with van der Waals surface area (Å²) >= 11 is 0. The summed E-state index contributed by atoms with van der Waals surface area (Å²) in [6, 6.07) is 0.368. The number of anilines is 1. The van der Waals surface area contributed by atoms with Gasteiger partial charge in [0.05, 0.1) is 11.6 Å². The van der Waals surface area contributed by atoms with Crippen molar-refractivity contribution in [2.75, 3.05) is 18.0 Å². The number of nitrogens with zero attached hydrogens (tertiary/aromatic N) is 5. The SMILES string of the molecule is O=C(Cn1ncc2c(N3CCCCC3)ncnc21)NC1CC1. The predicted octanol–water partition coefficient (Wildman–Crippen LogP) is 1.10. The van der Waals surface area contributed by atoms with E-state index in [0.29, 0.717) is 6.04 Å². The van der Waals surface area contributed by atoms with Crippen LogP contribution in [0.25, 0.3) is 11.0 Å². The quantitative estimate of drug-likeness (QED) is 0.915. The van der Waals surface area contributed by atoms with Gasteiger partial charge in [-0.15, -0.1) is 0 Å². The van der Waals surface area contributed by atoms with E-state index in [2.05, 4.69) is 25.3 Å². The summed E-state index contributed by atoms with van der Waals surface area (Å²) in [5.74, 6) is 0.948. The van der Waals surface area contributed by atoms with E-state index in [1.807, 2.05) is 0 Å². The van der Waals surface area contributed by atoms with Crippen LogP contribution >= 0.6 is 0 Å². The Morgan fingerprint density at radius 3 is 2.82 bits per heavy atom. The van der Waals surface area contributed by atoms with Crippen LogP contribution in [-0.4, -0.2) is 44.8 Å². The topological polar surface area (TPSA) is 75.9 Å². The number of fused-ring (bicyclic) bond motifs is 1. The van der Waals surface area contributed by atoms with E-state index in [4.69, 9.17) is 0 Å². The monoisotopic (exact) mass is 300 g/mol. The first kappa shape index (κ1) is 13.5. The molecule has 2 fully saturated rings. The highest BCUT2D eigenvalue weighted by Crippen LogP contribution is 2.25. The van der Waals surface area contributed by atoms with Crippen molar-refractivity contribution in [1.82, 2.24) is 25.1 Å². The Kier molecular flexibility index (Phi) is 3.40. The van der Waals surface area contributed by atoms with Crippen molar-refractivity contribution in [3.63, 3.8) is 0 Å². The highest BCUT2D eigenvalue weighted by molar-refractivity contribution is 5.88. The van der Waals surface area contributed by atoms with Crippen molar-refractivity contribution in [2.24, 2.45) is 0 Å². The summed E-state index contributed by atoms with van der Waals surface area (Å²) in [5.41, 5.74) is 0.738. The molecule has 116 valence electrons. The van der Waals surface area contributed by atoms with Crippen LogP contribution in [0, 0.1) is 0 Å². The van der Waals surface area contributed by atoms with E-state index in [1.165, 1.54) is 19.3 Å². The van der Waals surface area contributed by atoms with Gasteiger partial charge in [0, 0.05) is 19.1 Å². The van der Waals surface area contributed by atoms with Crippen LogP contribution < -0.4 is 10.2 Å². The number of aromatic nitrogens is 4. The Bertz CT molecular complexity index is 686. The van der Waals surface area contributed by atoms with Crippen LogP contribution in [-0.2, 0) is 11.3 Å². The third-order valence-corrected chi connectivity index (χ3v) is 4.30. The standard InChI is InChI=1S/C15H20N6O/c22-13(19-11-4-5-11)9-21-15-12(8-18-21)14(16-10-17-15)20-6-2-1-3-7-20/h8,10-11H,1-7,9H2,(H,19,22). The van der Waals surface area contributed by atoms with Gasteiger partial charge in [0.2, 0.25) is 5.91 Å². The van der Waals surface area contributed by atoms with Gasteiger partial charge >= 0.3 is 0 Å². The summed E-state index contributed by atoms with van der Waals surface area (Å²) in [6.45, 7) is 2.27. The maximum atomic E-state index is 12.0. The number of carbonyl (C=O) groups is 1. The van der Waals surface area contributed by atoms with Crippen LogP contribution in [0.15, 0.2) is 12.5 Å².